The van der Waals surface area contributed by atoms with E-state index in [0.29, 0.717) is 29.0 Å². The molecule has 2 aliphatic rings. The number of hydrogen-bond donors (Lipinski definition) is 1. The van der Waals surface area contributed by atoms with Crippen LogP contribution in [0, 0.1) is 23.2 Å². The Morgan fingerprint density at radius 2 is 1.88 bits per heavy atom. The Morgan fingerprint density at radius 1 is 1.21 bits per heavy atom. The minimum Gasteiger partial charge on any atom is -0.325 e. The number of carbonyl (C=O) groups is 2. The van der Waals surface area contributed by atoms with Crippen molar-refractivity contribution in [2.45, 2.75) is 59.3 Å². The van der Waals surface area contributed by atoms with Gasteiger partial charge in [-0.1, -0.05) is 32.9 Å². The SMILES string of the molecule is CCc1cccc(NC(=O)C23CC(C)CC(CC(C)C2)C3)c1C=O. The Bertz CT molecular complexity index is 617. The molecule has 1 aromatic rings. The molecule has 0 radical (unpaired) electrons. The van der Waals surface area contributed by atoms with Gasteiger partial charge in [0.25, 0.3) is 0 Å². The van der Waals surface area contributed by atoms with Gasteiger partial charge in [-0.3, -0.25) is 9.59 Å². The Morgan fingerprint density at radius 3 is 2.46 bits per heavy atom. The number of benzene rings is 1. The molecule has 2 bridgehead atoms. The minimum atomic E-state index is -0.248. The van der Waals surface area contributed by atoms with Gasteiger partial charge in [0.15, 0.2) is 6.29 Å². The molecule has 24 heavy (non-hydrogen) atoms. The molecule has 2 unspecified atom stereocenters. The first-order chi connectivity index (χ1) is 11.5. The van der Waals surface area contributed by atoms with Crippen LogP contribution < -0.4 is 5.32 Å². The maximum atomic E-state index is 13.2. The van der Waals surface area contributed by atoms with Crippen molar-refractivity contribution in [2.24, 2.45) is 23.2 Å². The predicted molar refractivity (Wildman–Crippen MR) is 97.2 cm³/mol. The van der Waals surface area contributed by atoms with Crippen molar-refractivity contribution in [3.63, 3.8) is 0 Å². The highest BCUT2D eigenvalue weighted by atomic mass is 16.2. The largest absolute Gasteiger partial charge is 0.325 e. The zero-order valence-electron chi connectivity index (χ0n) is 15.1. The number of aryl methyl sites for hydroxylation is 1. The van der Waals surface area contributed by atoms with Crippen LogP contribution in [0.4, 0.5) is 5.69 Å². The Kier molecular flexibility index (Phi) is 4.80. The number of aldehydes is 1. The van der Waals surface area contributed by atoms with Crippen molar-refractivity contribution in [1.29, 1.82) is 0 Å². The molecule has 3 heteroatoms. The monoisotopic (exact) mass is 327 g/mol. The third-order valence-electron chi connectivity index (χ3n) is 6.05. The Balaban J connectivity index is 1.87. The van der Waals surface area contributed by atoms with Gasteiger partial charge < -0.3 is 5.32 Å². The summed E-state index contributed by atoms with van der Waals surface area (Å²) in [5, 5.41) is 3.12. The number of rotatable bonds is 4. The van der Waals surface area contributed by atoms with Gasteiger partial charge in [-0.15, -0.1) is 0 Å². The molecule has 2 fully saturated rings. The highest BCUT2D eigenvalue weighted by Crippen LogP contribution is 2.53. The Labute approximate surface area is 145 Å². The van der Waals surface area contributed by atoms with E-state index < -0.39 is 0 Å². The molecule has 3 rings (SSSR count). The van der Waals surface area contributed by atoms with Crippen molar-refractivity contribution in [3.05, 3.63) is 29.3 Å². The molecule has 2 aliphatic carbocycles. The van der Waals surface area contributed by atoms with Crippen LogP contribution in [0.2, 0.25) is 0 Å². The van der Waals surface area contributed by atoms with Crippen LogP contribution in [0.25, 0.3) is 0 Å². The average molecular weight is 327 g/mol. The predicted octanol–water partition coefficient (Wildman–Crippen LogP) is 4.85. The van der Waals surface area contributed by atoms with Gasteiger partial charge >= 0.3 is 0 Å². The highest BCUT2D eigenvalue weighted by Gasteiger charge is 2.49. The van der Waals surface area contributed by atoms with Crippen LogP contribution in [-0.2, 0) is 11.2 Å². The fourth-order valence-corrected chi connectivity index (χ4v) is 5.41. The van der Waals surface area contributed by atoms with Gasteiger partial charge in [0.1, 0.15) is 0 Å². The zero-order valence-corrected chi connectivity index (χ0v) is 15.1. The summed E-state index contributed by atoms with van der Waals surface area (Å²) in [6.07, 6.45) is 7.14. The molecule has 0 heterocycles. The van der Waals surface area contributed by atoms with Gasteiger partial charge in [0.2, 0.25) is 5.91 Å². The van der Waals surface area contributed by atoms with Crippen LogP contribution in [-0.4, -0.2) is 12.2 Å². The number of carbonyl (C=O) groups excluding carboxylic acids is 2. The van der Waals surface area contributed by atoms with Crippen LogP contribution in [0.3, 0.4) is 0 Å². The fourth-order valence-electron chi connectivity index (χ4n) is 5.41. The lowest BCUT2D eigenvalue weighted by Gasteiger charge is -2.48. The second kappa shape index (κ2) is 6.70. The molecule has 130 valence electrons. The third-order valence-corrected chi connectivity index (χ3v) is 6.05. The molecular formula is C21H29NO2. The number of anilines is 1. The number of hydrogen-bond acceptors (Lipinski definition) is 2. The quantitative estimate of drug-likeness (QED) is 0.803. The summed E-state index contributed by atoms with van der Waals surface area (Å²) in [4.78, 5) is 24.8. The van der Waals surface area contributed by atoms with E-state index in [1.807, 2.05) is 25.1 Å². The van der Waals surface area contributed by atoms with Crippen molar-refractivity contribution >= 4 is 17.9 Å². The van der Waals surface area contributed by atoms with E-state index >= 15 is 0 Å². The molecular weight excluding hydrogens is 298 g/mol. The van der Waals surface area contributed by atoms with Crippen molar-refractivity contribution in [3.8, 4) is 0 Å². The van der Waals surface area contributed by atoms with Crippen molar-refractivity contribution < 1.29 is 9.59 Å². The molecule has 3 nitrogen and oxygen atoms in total. The van der Waals surface area contributed by atoms with E-state index in [4.69, 9.17) is 0 Å². The first-order valence-electron chi connectivity index (χ1n) is 9.36. The molecule has 1 amide bonds. The topological polar surface area (TPSA) is 46.2 Å². The van der Waals surface area contributed by atoms with Crippen LogP contribution in [0.1, 0.15) is 68.8 Å². The molecule has 0 saturated heterocycles. The molecule has 2 atom stereocenters. The van der Waals surface area contributed by atoms with Crippen LogP contribution in [0.15, 0.2) is 18.2 Å². The lowest BCUT2D eigenvalue weighted by Crippen LogP contribution is -2.47. The summed E-state index contributed by atoms with van der Waals surface area (Å²) in [6.45, 7) is 6.58. The van der Waals surface area contributed by atoms with E-state index in [1.54, 1.807) is 0 Å². The smallest absolute Gasteiger partial charge is 0.230 e. The summed E-state index contributed by atoms with van der Waals surface area (Å²) in [7, 11) is 0. The zero-order chi connectivity index (χ0) is 17.3. The van der Waals surface area contributed by atoms with E-state index in [9.17, 15) is 9.59 Å². The second-order valence-corrected chi connectivity index (χ2v) is 8.24. The average Bonchev–Trinajstić information content (AvgIpc) is 2.53. The normalized spacial score (nSPS) is 32.2. The molecule has 1 aromatic carbocycles. The minimum absolute atomic E-state index is 0.127. The maximum absolute atomic E-state index is 13.2. The second-order valence-electron chi connectivity index (χ2n) is 8.24. The van der Waals surface area contributed by atoms with E-state index in [1.165, 1.54) is 12.8 Å². The third kappa shape index (κ3) is 3.13. The molecule has 0 aliphatic heterocycles. The summed E-state index contributed by atoms with van der Waals surface area (Å²) >= 11 is 0. The fraction of sp³-hybridized carbons (Fsp3) is 0.619. The van der Waals surface area contributed by atoms with E-state index in [0.717, 1.165) is 37.5 Å². The van der Waals surface area contributed by atoms with Crippen LogP contribution in [0.5, 0.6) is 0 Å². The molecule has 1 N–H and O–H groups in total. The number of amides is 1. The van der Waals surface area contributed by atoms with E-state index in [-0.39, 0.29) is 11.3 Å². The molecule has 2 saturated carbocycles. The lowest BCUT2D eigenvalue weighted by molar-refractivity contribution is -0.133. The Hall–Kier alpha value is -1.64. The molecule has 0 spiro atoms. The lowest BCUT2D eigenvalue weighted by atomic mass is 9.56. The van der Waals surface area contributed by atoms with Crippen LogP contribution >= 0.6 is 0 Å². The van der Waals surface area contributed by atoms with Gasteiger partial charge in [-0.25, -0.2) is 0 Å². The molecule has 0 aromatic heterocycles. The summed E-state index contributed by atoms with van der Waals surface area (Å²) in [5.41, 5.74) is 2.06. The standard InChI is InChI=1S/C21H29NO2/c1-4-17-6-5-7-19(18(17)13-23)22-20(24)21-10-14(2)8-16(12-21)9-15(3)11-21/h5-7,13-16H,4,8-12H2,1-3H3,(H,22,24). The highest BCUT2D eigenvalue weighted by molar-refractivity contribution is 6.00. The van der Waals surface area contributed by atoms with Gasteiger partial charge in [0.05, 0.1) is 11.1 Å². The van der Waals surface area contributed by atoms with Gasteiger partial charge in [-0.2, -0.15) is 0 Å². The van der Waals surface area contributed by atoms with Crippen molar-refractivity contribution in [2.75, 3.05) is 5.32 Å². The summed E-state index contributed by atoms with van der Waals surface area (Å²) in [5.74, 6) is 2.02. The maximum Gasteiger partial charge on any atom is 0.230 e. The summed E-state index contributed by atoms with van der Waals surface area (Å²) in [6, 6.07) is 5.74. The van der Waals surface area contributed by atoms with Gasteiger partial charge in [0, 0.05) is 5.56 Å². The van der Waals surface area contributed by atoms with E-state index in [2.05, 4.69) is 19.2 Å². The van der Waals surface area contributed by atoms with Gasteiger partial charge in [-0.05, 0) is 67.9 Å². The number of nitrogens with one attached hydrogen (secondary N) is 1. The first-order valence-corrected chi connectivity index (χ1v) is 9.36. The number of fused-ring (bicyclic) bond motifs is 2. The first kappa shape index (κ1) is 17.2. The van der Waals surface area contributed by atoms with Crippen molar-refractivity contribution in [1.82, 2.24) is 0 Å². The summed E-state index contributed by atoms with van der Waals surface area (Å²) < 4.78 is 0.